The quantitative estimate of drug-likeness (QED) is 0.231. The molecule has 0 saturated carbocycles. The van der Waals surface area contributed by atoms with Crippen LogP contribution in [-0.2, 0) is 9.53 Å². The van der Waals surface area contributed by atoms with Crippen molar-refractivity contribution >= 4 is 52.1 Å². The lowest BCUT2D eigenvalue weighted by molar-refractivity contribution is -0.129. The van der Waals surface area contributed by atoms with Crippen LogP contribution in [-0.4, -0.2) is 25.6 Å². The van der Waals surface area contributed by atoms with Gasteiger partial charge in [0.05, 0.1) is 17.7 Å². The third kappa shape index (κ3) is 4.74. The molecule has 1 heterocycles. The summed E-state index contributed by atoms with van der Waals surface area (Å²) in [5.41, 5.74) is 2.39. The zero-order valence-corrected chi connectivity index (χ0v) is 18.2. The van der Waals surface area contributed by atoms with E-state index in [1.807, 2.05) is 25.1 Å². The molecule has 2 aromatic rings. The predicted molar refractivity (Wildman–Crippen MR) is 118 cm³/mol. The maximum Gasteiger partial charge on any atom is 0.363 e. The highest BCUT2D eigenvalue weighted by atomic mass is 127. The summed E-state index contributed by atoms with van der Waals surface area (Å²) in [5, 5.41) is 0.467. The topological polar surface area (TPSA) is 57.1 Å². The highest BCUT2D eigenvalue weighted by Gasteiger charge is 2.26. The Morgan fingerprint density at radius 2 is 2.07 bits per heavy atom. The van der Waals surface area contributed by atoms with E-state index < -0.39 is 5.97 Å². The first-order valence-corrected chi connectivity index (χ1v) is 9.76. The molecule has 28 heavy (non-hydrogen) atoms. The average molecular weight is 510 g/mol. The molecule has 1 aliphatic heterocycles. The van der Waals surface area contributed by atoms with Crippen LogP contribution in [0.15, 0.2) is 59.2 Å². The Bertz CT molecular complexity index is 1010. The summed E-state index contributed by atoms with van der Waals surface area (Å²) in [7, 11) is 1.55. The van der Waals surface area contributed by atoms with Crippen LogP contribution < -0.4 is 9.47 Å². The summed E-state index contributed by atoms with van der Waals surface area (Å²) in [5.74, 6) is 0.794. The Hall–Kier alpha value is -2.32. The van der Waals surface area contributed by atoms with Gasteiger partial charge in [0, 0.05) is 3.57 Å². The van der Waals surface area contributed by atoms with Crippen LogP contribution in [0.5, 0.6) is 11.5 Å². The van der Waals surface area contributed by atoms with Gasteiger partial charge in [-0.3, -0.25) is 0 Å². The molecule has 3 rings (SSSR count). The lowest BCUT2D eigenvalue weighted by Crippen LogP contribution is -2.06. The normalized spacial score (nSPS) is 14.6. The Labute approximate surface area is 181 Å². The molecule has 0 bridgehead atoms. The number of hydrogen-bond acceptors (Lipinski definition) is 5. The standard InChI is InChI=1S/C21H17ClINO4/c1-12(2)11-27-18-7-4-13(9-19(18)26-3)8-17-21(25)28-20(24-17)15-10-14(23)5-6-16(15)22/h4-10H,1,11H2,2-3H3/b17-8-. The van der Waals surface area contributed by atoms with Gasteiger partial charge in [0.15, 0.2) is 17.2 Å². The fourth-order valence-electron chi connectivity index (χ4n) is 2.44. The van der Waals surface area contributed by atoms with E-state index in [0.29, 0.717) is 28.7 Å². The van der Waals surface area contributed by atoms with Crippen molar-refractivity contribution < 1.29 is 19.0 Å². The van der Waals surface area contributed by atoms with E-state index in [9.17, 15) is 4.79 Å². The number of carbonyl (C=O) groups excluding carboxylic acids is 1. The van der Waals surface area contributed by atoms with Gasteiger partial charge < -0.3 is 14.2 Å². The summed E-state index contributed by atoms with van der Waals surface area (Å²) >= 11 is 8.37. The molecule has 144 valence electrons. The fourth-order valence-corrected chi connectivity index (χ4v) is 3.13. The fraction of sp³-hybridized carbons (Fsp3) is 0.143. The van der Waals surface area contributed by atoms with E-state index in [0.717, 1.165) is 14.7 Å². The largest absolute Gasteiger partial charge is 0.493 e. The Balaban J connectivity index is 1.90. The Kier molecular flexibility index (Phi) is 6.41. The number of aliphatic imine (C=N–C) groups is 1. The number of rotatable bonds is 6. The lowest BCUT2D eigenvalue weighted by atomic mass is 10.1. The number of halogens is 2. The molecule has 2 aromatic carbocycles. The first-order valence-electron chi connectivity index (χ1n) is 8.30. The minimum atomic E-state index is -0.536. The van der Waals surface area contributed by atoms with Crippen molar-refractivity contribution in [3.05, 3.63) is 74.0 Å². The van der Waals surface area contributed by atoms with E-state index in [1.54, 1.807) is 31.4 Å². The predicted octanol–water partition coefficient (Wildman–Crippen LogP) is 5.25. The molecule has 5 nitrogen and oxygen atoms in total. The summed E-state index contributed by atoms with van der Waals surface area (Å²) in [6, 6.07) is 10.8. The van der Waals surface area contributed by atoms with Crippen LogP contribution in [0.3, 0.4) is 0 Å². The van der Waals surface area contributed by atoms with Crippen molar-refractivity contribution in [2.24, 2.45) is 4.99 Å². The van der Waals surface area contributed by atoms with Crippen LogP contribution in [0.1, 0.15) is 18.1 Å². The Morgan fingerprint density at radius 1 is 1.29 bits per heavy atom. The maximum absolute atomic E-state index is 12.2. The molecule has 1 aliphatic rings. The second-order valence-corrected chi connectivity index (χ2v) is 7.77. The first-order chi connectivity index (χ1) is 13.4. The van der Waals surface area contributed by atoms with Gasteiger partial charge in [0.2, 0.25) is 5.90 Å². The minimum absolute atomic E-state index is 0.183. The van der Waals surface area contributed by atoms with Gasteiger partial charge >= 0.3 is 5.97 Å². The highest BCUT2D eigenvalue weighted by Crippen LogP contribution is 2.30. The molecular weight excluding hydrogens is 493 g/mol. The molecule has 0 amide bonds. The number of esters is 1. The van der Waals surface area contributed by atoms with Crippen molar-refractivity contribution in [1.82, 2.24) is 0 Å². The maximum atomic E-state index is 12.2. The molecule has 7 heteroatoms. The van der Waals surface area contributed by atoms with Crippen LogP contribution >= 0.6 is 34.2 Å². The van der Waals surface area contributed by atoms with E-state index in [-0.39, 0.29) is 11.6 Å². The van der Waals surface area contributed by atoms with E-state index >= 15 is 0 Å². The molecule has 0 saturated heterocycles. The van der Waals surface area contributed by atoms with E-state index in [2.05, 4.69) is 34.2 Å². The summed E-state index contributed by atoms with van der Waals surface area (Å²) in [6.45, 7) is 6.09. The zero-order valence-electron chi connectivity index (χ0n) is 15.3. The molecule has 0 N–H and O–H groups in total. The zero-order chi connectivity index (χ0) is 20.3. The van der Waals surface area contributed by atoms with Gasteiger partial charge in [-0.15, -0.1) is 0 Å². The van der Waals surface area contributed by atoms with Crippen LogP contribution in [0.4, 0.5) is 0 Å². The smallest absolute Gasteiger partial charge is 0.363 e. The molecule has 0 radical (unpaired) electrons. The molecule has 0 atom stereocenters. The number of carbonyl (C=O) groups is 1. The van der Waals surface area contributed by atoms with Gasteiger partial charge in [-0.2, -0.15) is 0 Å². The Morgan fingerprint density at radius 3 is 2.79 bits per heavy atom. The molecular formula is C21H17ClINO4. The van der Waals surface area contributed by atoms with Crippen molar-refractivity contribution in [3.8, 4) is 11.5 Å². The van der Waals surface area contributed by atoms with Crippen LogP contribution in [0, 0.1) is 3.57 Å². The first kappa shape index (κ1) is 20.4. The number of nitrogens with zero attached hydrogens (tertiary/aromatic N) is 1. The summed E-state index contributed by atoms with van der Waals surface area (Å²) < 4.78 is 17.3. The van der Waals surface area contributed by atoms with Gasteiger partial charge in [-0.05, 0) is 77.1 Å². The molecule has 0 aromatic heterocycles. The molecule has 0 unspecified atom stereocenters. The summed E-state index contributed by atoms with van der Waals surface area (Å²) in [6.07, 6.45) is 1.63. The second kappa shape index (κ2) is 8.79. The lowest BCUT2D eigenvalue weighted by Gasteiger charge is -2.11. The third-order valence-corrected chi connectivity index (χ3v) is 4.75. The SMILES string of the molecule is C=C(C)COc1ccc(/C=C2\N=C(c3cc(I)ccc3Cl)OC2=O)cc1OC. The second-order valence-electron chi connectivity index (χ2n) is 6.12. The highest BCUT2D eigenvalue weighted by molar-refractivity contribution is 14.1. The molecule has 0 fully saturated rings. The van der Waals surface area contributed by atoms with Crippen LogP contribution in [0.25, 0.3) is 6.08 Å². The van der Waals surface area contributed by atoms with Crippen LogP contribution in [0.2, 0.25) is 5.02 Å². The number of hydrogen-bond donors (Lipinski definition) is 0. The van der Waals surface area contributed by atoms with Gasteiger partial charge in [0.1, 0.15) is 6.61 Å². The molecule has 0 aliphatic carbocycles. The average Bonchev–Trinajstić information content (AvgIpc) is 3.02. The number of methoxy groups -OCH3 is 1. The molecule has 0 spiro atoms. The van der Waals surface area contributed by atoms with Crippen molar-refractivity contribution in [2.45, 2.75) is 6.92 Å². The number of cyclic esters (lactones) is 1. The van der Waals surface area contributed by atoms with E-state index in [1.165, 1.54) is 0 Å². The van der Waals surface area contributed by atoms with Gasteiger partial charge in [0.25, 0.3) is 0 Å². The number of benzene rings is 2. The summed E-state index contributed by atoms with van der Waals surface area (Å²) in [4.78, 5) is 16.6. The minimum Gasteiger partial charge on any atom is -0.493 e. The monoisotopic (exact) mass is 509 g/mol. The van der Waals surface area contributed by atoms with Crippen molar-refractivity contribution in [1.29, 1.82) is 0 Å². The van der Waals surface area contributed by atoms with Gasteiger partial charge in [-0.1, -0.05) is 24.2 Å². The van der Waals surface area contributed by atoms with Crippen molar-refractivity contribution in [2.75, 3.05) is 13.7 Å². The van der Waals surface area contributed by atoms with Gasteiger partial charge in [-0.25, -0.2) is 9.79 Å². The third-order valence-electron chi connectivity index (χ3n) is 3.74. The number of ether oxygens (including phenoxy) is 3. The van der Waals surface area contributed by atoms with Crippen molar-refractivity contribution in [3.63, 3.8) is 0 Å². The van der Waals surface area contributed by atoms with E-state index in [4.69, 9.17) is 25.8 Å².